The zero-order valence-electron chi connectivity index (χ0n) is 23.9. The van der Waals surface area contributed by atoms with Crippen LogP contribution in [0.5, 0.6) is 0 Å². The highest BCUT2D eigenvalue weighted by atomic mass is 16.5. The average Bonchev–Trinajstić information content (AvgIpc) is 2.74. The summed E-state index contributed by atoms with van der Waals surface area (Å²) in [5, 5.41) is 11.3. The van der Waals surface area contributed by atoms with Crippen molar-refractivity contribution in [2.24, 2.45) is 50.7 Å². The van der Waals surface area contributed by atoms with Crippen LogP contribution in [0.4, 0.5) is 0 Å². The Balaban J connectivity index is 1.51. The van der Waals surface area contributed by atoms with E-state index < -0.39 is 5.60 Å². The first-order chi connectivity index (χ1) is 16.0. The highest BCUT2D eigenvalue weighted by Crippen LogP contribution is 2.77. The van der Waals surface area contributed by atoms with Gasteiger partial charge in [0.25, 0.3) is 0 Å². The molecular weight excluding hydrogens is 432 g/mol. The van der Waals surface area contributed by atoms with E-state index in [1.807, 2.05) is 6.92 Å². The Hall–Kier alpha value is -0.830. The fraction of sp³-hybridized carbons (Fsp3) is 0.906. The normalized spacial score (nSPS) is 55.1. The van der Waals surface area contributed by atoms with Gasteiger partial charge in [-0.15, -0.1) is 0 Å². The van der Waals surface area contributed by atoms with Crippen LogP contribution in [-0.4, -0.2) is 22.8 Å². The van der Waals surface area contributed by atoms with Gasteiger partial charge in [0.1, 0.15) is 6.10 Å². The van der Waals surface area contributed by atoms with Crippen LogP contribution >= 0.6 is 0 Å². The van der Waals surface area contributed by atoms with Crippen LogP contribution in [0.3, 0.4) is 0 Å². The van der Waals surface area contributed by atoms with Crippen LogP contribution in [0.25, 0.3) is 0 Å². The summed E-state index contributed by atoms with van der Waals surface area (Å²) in [4.78, 5) is 11.9. The number of rotatable bonds is 1. The number of hydrogen-bond donors (Lipinski definition) is 1. The molecule has 5 aliphatic rings. The van der Waals surface area contributed by atoms with Crippen molar-refractivity contribution in [2.45, 2.75) is 131 Å². The Bertz CT molecular complexity index is 918. The Morgan fingerprint density at radius 2 is 1.49 bits per heavy atom. The number of esters is 1. The van der Waals surface area contributed by atoms with E-state index in [1.165, 1.54) is 44.9 Å². The quantitative estimate of drug-likeness (QED) is 0.306. The van der Waals surface area contributed by atoms with Gasteiger partial charge in [0.2, 0.25) is 0 Å². The highest BCUT2D eigenvalue weighted by Gasteiger charge is 2.70. The Morgan fingerprint density at radius 3 is 2.14 bits per heavy atom. The molecule has 0 aliphatic heterocycles. The lowest BCUT2D eigenvalue weighted by Crippen LogP contribution is -2.67. The minimum Gasteiger partial charge on any atom is -0.462 e. The molecule has 35 heavy (non-hydrogen) atoms. The first kappa shape index (κ1) is 25.8. The second-order valence-electron chi connectivity index (χ2n) is 15.6. The van der Waals surface area contributed by atoms with E-state index in [-0.39, 0.29) is 33.7 Å². The van der Waals surface area contributed by atoms with E-state index in [2.05, 4.69) is 48.1 Å². The fourth-order valence-electron chi connectivity index (χ4n) is 11.5. The van der Waals surface area contributed by atoms with Crippen LogP contribution in [0.2, 0.25) is 0 Å². The molecular formula is C32H52O3. The van der Waals surface area contributed by atoms with E-state index in [0.717, 1.165) is 24.8 Å². The molecule has 0 amide bonds. The standard InChI is InChI=1S/C32H52O3/c1-20-26-22-10-11-24-29(6)14-13-25(35-21(2)33)27(3,4)23(29)12-15-31(24,8)30(22,7)18-16-28(26,5)17-19-32(20,9)34/h22-26,34H,1,10-19H2,2-9H3/t22-,23+,24+,25-,26+,28-,29-,30+,31+,32+/m0/s1. The maximum absolute atomic E-state index is 11.9. The van der Waals surface area contributed by atoms with Crippen molar-refractivity contribution in [2.75, 3.05) is 0 Å². The van der Waals surface area contributed by atoms with Gasteiger partial charge < -0.3 is 9.84 Å². The summed E-state index contributed by atoms with van der Waals surface area (Å²) in [6, 6.07) is 0. The zero-order chi connectivity index (χ0) is 25.8. The Morgan fingerprint density at radius 1 is 0.829 bits per heavy atom. The summed E-state index contributed by atoms with van der Waals surface area (Å²) in [6.07, 6.45) is 11.8. The molecule has 5 saturated carbocycles. The van der Waals surface area contributed by atoms with Crippen LogP contribution in [0.15, 0.2) is 12.2 Å². The Kier molecular flexibility index (Phi) is 5.61. The van der Waals surface area contributed by atoms with Crippen LogP contribution in [0, 0.1) is 50.7 Å². The molecule has 198 valence electrons. The highest BCUT2D eigenvalue weighted by molar-refractivity contribution is 5.66. The second-order valence-corrected chi connectivity index (χ2v) is 15.6. The third-order valence-electron chi connectivity index (χ3n) is 13.8. The molecule has 0 aromatic heterocycles. The second kappa shape index (κ2) is 7.61. The van der Waals surface area contributed by atoms with Gasteiger partial charge in [0.05, 0.1) is 5.60 Å². The van der Waals surface area contributed by atoms with Crippen LogP contribution in [-0.2, 0) is 9.53 Å². The van der Waals surface area contributed by atoms with Crippen LogP contribution < -0.4 is 0 Å². The molecule has 0 aromatic carbocycles. The van der Waals surface area contributed by atoms with Crippen LogP contribution in [0.1, 0.15) is 120 Å². The van der Waals surface area contributed by atoms with Crippen molar-refractivity contribution < 1.29 is 14.6 Å². The van der Waals surface area contributed by atoms with Gasteiger partial charge >= 0.3 is 5.97 Å². The monoisotopic (exact) mass is 484 g/mol. The molecule has 0 unspecified atom stereocenters. The van der Waals surface area contributed by atoms with Crippen molar-refractivity contribution in [1.82, 2.24) is 0 Å². The molecule has 0 heterocycles. The largest absolute Gasteiger partial charge is 0.462 e. The number of carbonyl (C=O) groups is 1. The van der Waals surface area contributed by atoms with E-state index in [9.17, 15) is 9.90 Å². The average molecular weight is 485 g/mol. The molecule has 3 heteroatoms. The summed E-state index contributed by atoms with van der Waals surface area (Å²) in [5.41, 5.74) is 1.58. The summed E-state index contributed by atoms with van der Waals surface area (Å²) < 4.78 is 5.90. The van der Waals surface area contributed by atoms with Gasteiger partial charge in [0, 0.05) is 12.3 Å². The molecule has 0 saturated heterocycles. The molecule has 0 spiro atoms. The van der Waals surface area contributed by atoms with Crippen molar-refractivity contribution in [3.63, 3.8) is 0 Å². The fourth-order valence-corrected chi connectivity index (χ4v) is 11.5. The molecule has 10 atom stereocenters. The minimum atomic E-state index is -0.719. The minimum absolute atomic E-state index is 0.0131. The lowest BCUT2D eigenvalue weighted by molar-refractivity contribution is -0.250. The van der Waals surface area contributed by atoms with Gasteiger partial charge in [-0.1, -0.05) is 48.1 Å². The smallest absolute Gasteiger partial charge is 0.302 e. The van der Waals surface area contributed by atoms with E-state index in [0.29, 0.717) is 29.1 Å². The first-order valence-electron chi connectivity index (χ1n) is 14.6. The predicted molar refractivity (Wildman–Crippen MR) is 142 cm³/mol. The third kappa shape index (κ3) is 3.28. The number of ether oxygens (including phenoxy) is 1. The van der Waals surface area contributed by atoms with Gasteiger partial charge in [0.15, 0.2) is 0 Å². The number of carbonyl (C=O) groups excluding carboxylic acids is 1. The molecule has 5 fully saturated rings. The van der Waals surface area contributed by atoms with Gasteiger partial charge in [-0.2, -0.15) is 0 Å². The van der Waals surface area contributed by atoms with Gasteiger partial charge in [-0.05, 0) is 122 Å². The topological polar surface area (TPSA) is 46.5 Å². The molecule has 1 N–H and O–H groups in total. The van der Waals surface area contributed by atoms with Crippen molar-refractivity contribution >= 4 is 5.97 Å². The maximum atomic E-state index is 11.9. The van der Waals surface area contributed by atoms with E-state index in [4.69, 9.17) is 4.74 Å². The number of aliphatic hydroxyl groups is 1. The summed E-state index contributed by atoms with van der Waals surface area (Å²) >= 11 is 0. The van der Waals surface area contributed by atoms with E-state index in [1.54, 1.807) is 6.92 Å². The lowest BCUT2D eigenvalue weighted by atomic mass is 9.31. The third-order valence-corrected chi connectivity index (χ3v) is 13.8. The zero-order valence-corrected chi connectivity index (χ0v) is 23.9. The molecule has 5 rings (SSSR count). The van der Waals surface area contributed by atoms with Crippen molar-refractivity contribution in [3.8, 4) is 0 Å². The number of hydrogen-bond acceptors (Lipinski definition) is 3. The summed E-state index contributed by atoms with van der Waals surface area (Å²) in [7, 11) is 0. The molecule has 5 aliphatic carbocycles. The SMILES string of the molecule is C=C1[C@@H]2[C@@H]3CC[C@@H]4[C@@]5(C)CC[C@H](OC(C)=O)C(C)(C)[C@H]5CC[C@@]4(C)[C@]3(C)CC[C@@]2(C)CC[C@@]1(C)O. The van der Waals surface area contributed by atoms with E-state index >= 15 is 0 Å². The van der Waals surface area contributed by atoms with Crippen molar-refractivity contribution in [1.29, 1.82) is 0 Å². The predicted octanol–water partition coefficient (Wildman–Crippen LogP) is 7.71. The summed E-state index contributed by atoms with van der Waals surface area (Å²) in [5.74, 6) is 2.21. The molecule has 0 aromatic rings. The number of fused-ring (bicyclic) bond motifs is 7. The molecule has 0 bridgehead atoms. The maximum Gasteiger partial charge on any atom is 0.302 e. The van der Waals surface area contributed by atoms with Crippen molar-refractivity contribution in [3.05, 3.63) is 12.2 Å². The first-order valence-corrected chi connectivity index (χ1v) is 14.6. The van der Waals surface area contributed by atoms with Gasteiger partial charge in [-0.25, -0.2) is 0 Å². The lowest BCUT2D eigenvalue weighted by Gasteiger charge is -2.73. The molecule has 3 nitrogen and oxygen atoms in total. The summed E-state index contributed by atoms with van der Waals surface area (Å²) in [6.45, 7) is 23.3. The molecule has 0 radical (unpaired) electrons. The van der Waals surface area contributed by atoms with Gasteiger partial charge in [-0.3, -0.25) is 4.79 Å². The Labute approximate surface area is 214 Å².